The lowest BCUT2D eigenvalue weighted by atomic mass is 9.88. The molecule has 2 unspecified atom stereocenters. The zero-order chi connectivity index (χ0) is 15.6. The van der Waals surface area contributed by atoms with Crippen LogP contribution in [0.25, 0.3) is 0 Å². The van der Waals surface area contributed by atoms with E-state index in [0.717, 1.165) is 6.42 Å². The zero-order valence-corrected chi connectivity index (χ0v) is 12.6. The lowest BCUT2D eigenvalue weighted by Crippen LogP contribution is -2.42. The summed E-state index contributed by atoms with van der Waals surface area (Å²) in [5.74, 6) is 0.736. The molecular formula is C15H21N3O3. The van der Waals surface area contributed by atoms with Gasteiger partial charge in [0.05, 0.1) is 4.92 Å². The summed E-state index contributed by atoms with van der Waals surface area (Å²) in [4.78, 5) is 25.2. The molecule has 0 aliphatic carbocycles. The van der Waals surface area contributed by atoms with E-state index >= 15 is 0 Å². The van der Waals surface area contributed by atoms with Crippen molar-refractivity contribution < 1.29 is 9.72 Å². The zero-order valence-electron chi connectivity index (χ0n) is 12.6. The van der Waals surface area contributed by atoms with Crippen LogP contribution in [-0.2, 0) is 0 Å². The Labute approximate surface area is 124 Å². The van der Waals surface area contributed by atoms with Gasteiger partial charge in [-0.25, -0.2) is 0 Å². The largest absolute Gasteiger partial charge is 0.383 e. The van der Waals surface area contributed by atoms with Gasteiger partial charge in [0.15, 0.2) is 0 Å². The maximum atomic E-state index is 12.6. The molecule has 0 bridgehead atoms. The van der Waals surface area contributed by atoms with Gasteiger partial charge in [-0.1, -0.05) is 19.9 Å². The van der Waals surface area contributed by atoms with Crippen molar-refractivity contribution in [3.05, 3.63) is 33.9 Å². The van der Waals surface area contributed by atoms with Gasteiger partial charge in [-0.15, -0.1) is 0 Å². The van der Waals surface area contributed by atoms with E-state index in [2.05, 4.69) is 19.2 Å². The summed E-state index contributed by atoms with van der Waals surface area (Å²) < 4.78 is 0. The lowest BCUT2D eigenvalue weighted by Gasteiger charge is -2.35. The Morgan fingerprint density at radius 2 is 2.10 bits per heavy atom. The van der Waals surface area contributed by atoms with Crippen molar-refractivity contribution >= 4 is 17.3 Å². The highest BCUT2D eigenvalue weighted by molar-refractivity contribution is 6.00. The number of nitro benzene ring substituents is 1. The smallest absolute Gasteiger partial charge is 0.305 e. The van der Waals surface area contributed by atoms with Crippen LogP contribution < -0.4 is 5.32 Å². The van der Waals surface area contributed by atoms with E-state index in [1.807, 2.05) is 0 Å². The Kier molecular flexibility index (Phi) is 4.45. The molecule has 114 valence electrons. The highest BCUT2D eigenvalue weighted by Crippen LogP contribution is 2.31. The van der Waals surface area contributed by atoms with Crippen LogP contribution in [0.15, 0.2) is 18.2 Å². The second-order valence-corrected chi connectivity index (χ2v) is 5.70. The van der Waals surface area contributed by atoms with Crippen LogP contribution in [0.5, 0.6) is 0 Å². The van der Waals surface area contributed by atoms with E-state index in [9.17, 15) is 14.9 Å². The number of para-hydroxylation sites is 1. The number of carbonyl (C=O) groups excluding carboxylic acids is 1. The summed E-state index contributed by atoms with van der Waals surface area (Å²) in [5, 5.41) is 14.1. The minimum absolute atomic E-state index is 0.142. The van der Waals surface area contributed by atoms with E-state index in [1.165, 1.54) is 6.07 Å². The molecule has 1 saturated heterocycles. The first-order valence-electron chi connectivity index (χ1n) is 7.20. The molecule has 1 N–H and O–H groups in total. The molecule has 0 saturated carbocycles. The van der Waals surface area contributed by atoms with Gasteiger partial charge in [-0.2, -0.15) is 0 Å². The maximum absolute atomic E-state index is 12.6. The fourth-order valence-corrected chi connectivity index (χ4v) is 2.73. The predicted octanol–water partition coefficient (Wildman–Crippen LogP) is 2.75. The van der Waals surface area contributed by atoms with Crippen LogP contribution in [0.2, 0.25) is 0 Å². The first-order chi connectivity index (χ1) is 9.95. The highest BCUT2D eigenvalue weighted by Gasteiger charge is 2.31. The van der Waals surface area contributed by atoms with Crippen LogP contribution in [0.1, 0.15) is 30.6 Å². The SMILES string of the molecule is CNc1cccc(C(=O)N2CCC(C)C(C)C2)c1[N+](=O)[O-]. The van der Waals surface area contributed by atoms with E-state index in [-0.39, 0.29) is 17.2 Å². The summed E-state index contributed by atoms with van der Waals surface area (Å²) in [6.07, 6.45) is 0.937. The van der Waals surface area contributed by atoms with Gasteiger partial charge in [0.25, 0.3) is 5.91 Å². The summed E-state index contributed by atoms with van der Waals surface area (Å²) >= 11 is 0. The van der Waals surface area contributed by atoms with Gasteiger partial charge >= 0.3 is 5.69 Å². The molecular weight excluding hydrogens is 270 g/mol. The quantitative estimate of drug-likeness (QED) is 0.686. The predicted molar refractivity (Wildman–Crippen MR) is 81.5 cm³/mol. The van der Waals surface area contributed by atoms with Crippen LogP contribution in [0.4, 0.5) is 11.4 Å². The van der Waals surface area contributed by atoms with Gasteiger partial charge in [-0.3, -0.25) is 14.9 Å². The summed E-state index contributed by atoms with van der Waals surface area (Å²) in [6, 6.07) is 4.81. The van der Waals surface area contributed by atoms with Crippen molar-refractivity contribution in [1.29, 1.82) is 0 Å². The number of hydrogen-bond donors (Lipinski definition) is 1. The molecule has 2 rings (SSSR count). The molecule has 6 nitrogen and oxygen atoms in total. The number of rotatable bonds is 3. The maximum Gasteiger partial charge on any atom is 0.305 e. The fraction of sp³-hybridized carbons (Fsp3) is 0.533. The van der Waals surface area contributed by atoms with Gasteiger partial charge in [0.1, 0.15) is 11.3 Å². The Bertz CT molecular complexity index is 559. The Balaban J connectivity index is 2.33. The number of amides is 1. The van der Waals surface area contributed by atoms with Crippen LogP contribution in [0, 0.1) is 22.0 Å². The molecule has 1 amide bonds. The van der Waals surface area contributed by atoms with Gasteiger partial charge < -0.3 is 10.2 Å². The van der Waals surface area contributed by atoms with Crippen molar-refractivity contribution in [2.75, 3.05) is 25.5 Å². The molecule has 1 heterocycles. The lowest BCUT2D eigenvalue weighted by molar-refractivity contribution is -0.384. The van der Waals surface area contributed by atoms with Crippen LogP contribution in [0.3, 0.4) is 0 Å². The molecule has 0 aromatic heterocycles. The van der Waals surface area contributed by atoms with Crippen molar-refractivity contribution in [3.8, 4) is 0 Å². The van der Waals surface area contributed by atoms with Crippen molar-refractivity contribution in [3.63, 3.8) is 0 Å². The third-order valence-electron chi connectivity index (χ3n) is 4.34. The van der Waals surface area contributed by atoms with E-state index in [1.54, 1.807) is 24.1 Å². The summed E-state index contributed by atoms with van der Waals surface area (Å²) in [5.41, 5.74) is 0.383. The van der Waals surface area contributed by atoms with E-state index in [4.69, 9.17) is 0 Å². The highest BCUT2D eigenvalue weighted by atomic mass is 16.6. The van der Waals surface area contributed by atoms with Gasteiger partial charge in [0.2, 0.25) is 0 Å². The molecule has 0 radical (unpaired) electrons. The number of nitrogens with one attached hydrogen (secondary N) is 1. The minimum atomic E-state index is -0.491. The number of likely N-dealkylation sites (tertiary alicyclic amines) is 1. The van der Waals surface area contributed by atoms with Gasteiger partial charge in [0, 0.05) is 20.1 Å². The van der Waals surface area contributed by atoms with Crippen molar-refractivity contribution in [1.82, 2.24) is 4.90 Å². The normalized spacial score (nSPS) is 22.0. The number of nitrogens with zero attached hydrogens (tertiary/aromatic N) is 2. The number of benzene rings is 1. The standard InChI is InChI=1S/C15H21N3O3/c1-10-7-8-17(9-11(10)2)15(19)12-5-4-6-13(16-3)14(12)18(20)21/h4-6,10-11,16H,7-9H2,1-3H3. The minimum Gasteiger partial charge on any atom is -0.383 e. The Morgan fingerprint density at radius 1 is 1.38 bits per heavy atom. The molecule has 6 heteroatoms. The number of piperidine rings is 1. The molecule has 1 fully saturated rings. The monoisotopic (exact) mass is 291 g/mol. The molecule has 21 heavy (non-hydrogen) atoms. The number of nitro groups is 1. The van der Waals surface area contributed by atoms with E-state index < -0.39 is 4.92 Å². The fourth-order valence-electron chi connectivity index (χ4n) is 2.73. The van der Waals surface area contributed by atoms with Crippen LogP contribution >= 0.6 is 0 Å². The molecule has 1 aliphatic rings. The second kappa shape index (κ2) is 6.11. The molecule has 1 aromatic carbocycles. The third-order valence-corrected chi connectivity index (χ3v) is 4.34. The number of carbonyl (C=O) groups is 1. The number of hydrogen-bond acceptors (Lipinski definition) is 4. The summed E-state index contributed by atoms with van der Waals surface area (Å²) in [6.45, 7) is 5.60. The molecule has 0 spiro atoms. The van der Waals surface area contributed by atoms with Crippen LogP contribution in [-0.4, -0.2) is 35.9 Å². The second-order valence-electron chi connectivity index (χ2n) is 5.70. The molecule has 1 aromatic rings. The first kappa shape index (κ1) is 15.3. The Hall–Kier alpha value is -2.11. The van der Waals surface area contributed by atoms with Crippen molar-refractivity contribution in [2.45, 2.75) is 20.3 Å². The number of anilines is 1. The third kappa shape index (κ3) is 2.99. The molecule has 2 atom stereocenters. The topological polar surface area (TPSA) is 75.5 Å². The van der Waals surface area contributed by atoms with Gasteiger partial charge in [-0.05, 0) is 30.4 Å². The summed E-state index contributed by atoms with van der Waals surface area (Å²) in [7, 11) is 1.61. The van der Waals surface area contributed by atoms with E-state index in [0.29, 0.717) is 30.6 Å². The average Bonchev–Trinajstić information content (AvgIpc) is 2.48. The Morgan fingerprint density at radius 3 is 2.67 bits per heavy atom. The average molecular weight is 291 g/mol. The first-order valence-corrected chi connectivity index (χ1v) is 7.20. The van der Waals surface area contributed by atoms with Crippen molar-refractivity contribution in [2.24, 2.45) is 11.8 Å². The molecule has 1 aliphatic heterocycles.